The average Bonchev–Trinajstić information content (AvgIpc) is 0.836. The van der Waals surface area contributed by atoms with Crippen molar-refractivity contribution in [1.82, 2.24) is 37.2 Å². The Morgan fingerprint density at radius 1 is 0.371 bits per heavy atom. The predicted octanol–water partition coefficient (Wildman–Crippen LogP) is -2.12. The molecule has 35 nitrogen and oxygen atoms in total. The zero-order valence-corrected chi connectivity index (χ0v) is 61.8. The van der Waals surface area contributed by atoms with E-state index in [0.717, 1.165) is 32.1 Å². The van der Waals surface area contributed by atoms with Gasteiger partial charge in [0, 0.05) is 97.4 Å². The van der Waals surface area contributed by atoms with Crippen LogP contribution in [0.1, 0.15) is 181 Å². The summed E-state index contributed by atoms with van der Waals surface area (Å²) < 4.78 is 50.5. The molecule has 35 heteroatoms. The molecule has 3 rings (SSSR count). The second-order valence-electron chi connectivity index (χ2n) is 28.1. The Morgan fingerprint density at radius 2 is 0.705 bits per heavy atom. The van der Waals surface area contributed by atoms with Gasteiger partial charge in [-0.05, 0) is 76.0 Å². The summed E-state index contributed by atoms with van der Waals surface area (Å²) in [5, 5.41) is 138. The first-order valence-electron chi connectivity index (χ1n) is 37.4. The summed E-state index contributed by atoms with van der Waals surface area (Å²) in [6, 6.07) is 0. The van der Waals surface area contributed by atoms with E-state index in [-0.39, 0.29) is 185 Å². The van der Waals surface area contributed by atoms with E-state index in [1.807, 2.05) is 0 Å². The highest BCUT2D eigenvalue weighted by molar-refractivity contribution is 5.78. The van der Waals surface area contributed by atoms with Crippen LogP contribution >= 0.6 is 0 Å². The van der Waals surface area contributed by atoms with Crippen molar-refractivity contribution in [2.24, 2.45) is 5.41 Å². The number of amides is 7. The van der Waals surface area contributed by atoms with Crippen LogP contribution in [0, 0.1) is 5.41 Å². The fraction of sp³-hybridized carbons (Fsp3) is 0.871. The molecule has 3 heterocycles. The fourth-order valence-electron chi connectivity index (χ4n) is 11.2. The van der Waals surface area contributed by atoms with Gasteiger partial charge in [-0.3, -0.25) is 33.6 Å². The smallest absolute Gasteiger partial charge is 0.322 e. The van der Waals surface area contributed by atoms with Gasteiger partial charge in [0.2, 0.25) is 47.1 Å². The van der Waals surface area contributed by atoms with Crippen molar-refractivity contribution in [1.29, 1.82) is 0 Å². The Labute approximate surface area is 616 Å². The molecule has 0 spiro atoms. The summed E-state index contributed by atoms with van der Waals surface area (Å²) in [5.74, 6) is -3.18. The molecule has 0 aromatic carbocycles. The Bertz CT molecular complexity index is 2380. The number of nitrogens with one attached hydrogen (secondary N) is 7. The van der Waals surface area contributed by atoms with Crippen molar-refractivity contribution in [3.05, 3.63) is 11.7 Å². The highest BCUT2D eigenvalue weighted by atomic mass is 16.7. The minimum atomic E-state index is -1.69. The number of aliphatic hydroxyl groups excluding tert-OH is 12. The lowest BCUT2D eigenvalue weighted by Gasteiger charge is -2.39. The van der Waals surface area contributed by atoms with Crippen LogP contribution in [0.4, 0.5) is 0 Å². The largest absolute Gasteiger partial charge is 0.504 e. The van der Waals surface area contributed by atoms with Gasteiger partial charge in [0.1, 0.15) is 66.6 Å². The van der Waals surface area contributed by atoms with Crippen LogP contribution in [0.25, 0.3) is 0 Å². The maximum atomic E-state index is 13.9. The second kappa shape index (κ2) is 54.3. The molecule has 0 bridgehead atoms. The van der Waals surface area contributed by atoms with E-state index in [9.17, 15) is 94.8 Å². The minimum Gasteiger partial charge on any atom is -0.504 e. The molecular weight excluding hydrogens is 1390 g/mol. The average molecular weight is 1510 g/mol. The van der Waals surface area contributed by atoms with Gasteiger partial charge in [-0.25, -0.2) is 0 Å². The Kier molecular flexibility index (Phi) is 48.6. The maximum absolute atomic E-state index is 13.9. The number of ether oxygens (including phenoxy) is 9. The normalized spacial score (nSPS) is 23.9. The lowest BCUT2D eigenvalue weighted by Crippen LogP contribution is -2.59. The molecule has 0 aromatic rings. The second-order valence-corrected chi connectivity index (χ2v) is 28.1. The number of rotatable bonds is 59. The lowest BCUT2D eigenvalue weighted by atomic mass is 9.89. The monoisotopic (exact) mass is 1510 g/mol. The third-order valence-electron chi connectivity index (χ3n) is 17.6. The summed E-state index contributed by atoms with van der Waals surface area (Å²) in [6.07, 6.45) is -5.01. The molecule has 0 aromatic heterocycles. The summed E-state index contributed by atoms with van der Waals surface area (Å²) in [5.41, 5.74) is -1.06. The van der Waals surface area contributed by atoms with Crippen LogP contribution in [0.2, 0.25) is 0 Å². The minimum absolute atomic E-state index is 0.0179. The van der Waals surface area contributed by atoms with Crippen LogP contribution in [0.3, 0.4) is 0 Å². The van der Waals surface area contributed by atoms with Crippen LogP contribution in [0.15, 0.2) is 11.7 Å². The molecule has 0 radical (unpaired) electrons. The first-order valence-corrected chi connectivity index (χ1v) is 37.4. The van der Waals surface area contributed by atoms with Gasteiger partial charge in [-0.15, -0.1) is 0 Å². The highest BCUT2D eigenvalue weighted by Gasteiger charge is 2.46. The fourth-order valence-corrected chi connectivity index (χ4v) is 11.2. The van der Waals surface area contributed by atoms with Crippen LogP contribution in [-0.4, -0.2) is 306 Å². The quantitative estimate of drug-likeness (QED) is 0.0289. The van der Waals surface area contributed by atoms with E-state index in [1.165, 1.54) is 19.3 Å². The molecule has 105 heavy (non-hydrogen) atoms. The summed E-state index contributed by atoms with van der Waals surface area (Å²) in [7, 11) is 0. The number of aliphatic hydroxyl groups is 12. The number of carbonyl (C=O) groups is 7. The third-order valence-corrected chi connectivity index (χ3v) is 17.6. The van der Waals surface area contributed by atoms with Crippen molar-refractivity contribution < 1.29 is 137 Å². The van der Waals surface area contributed by atoms with Gasteiger partial charge in [0.15, 0.2) is 18.7 Å². The molecule has 2 fully saturated rings. The van der Waals surface area contributed by atoms with E-state index in [1.54, 1.807) is 0 Å². The molecule has 3 aliphatic rings. The van der Waals surface area contributed by atoms with Gasteiger partial charge in [-0.1, -0.05) is 65.7 Å². The molecule has 610 valence electrons. The molecule has 19 N–H and O–H groups in total. The molecule has 2 saturated heterocycles. The molecule has 7 amide bonds. The van der Waals surface area contributed by atoms with E-state index in [0.29, 0.717) is 69.6 Å². The third kappa shape index (κ3) is 40.1. The van der Waals surface area contributed by atoms with Crippen molar-refractivity contribution in [2.45, 2.75) is 267 Å². The zero-order valence-electron chi connectivity index (χ0n) is 61.8. The van der Waals surface area contributed by atoms with Crippen molar-refractivity contribution >= 4 is 41.4 Å². The first kappa shape index (κ1) is 93.9. The van der Waals surface area contributed by atoms with Crippen LogP contribution in [0.5, 0.6) is 0 Å². The standard InChI is InChI=1S/C70H127N7O28/c1-69(2,3)28-14-9-7-5-4-6-8-10-24-56(87)77-70(44-97-38-25-53(84)74-32-18-29-71-50(81)21-11-15-35-100-66-63(94)60(91)57(88)47(41-78)103-66,45-98-39-26-54(85)75-33-19-30-72-51(82)22-12-16-36-101-67-64(95)61(92)58(89)48(42-79)104-67)46-99-40-27-55(86)76-34-20-31-73-52(83)23-13-17-37-102-68-65(96)62(93)59(90)49(43-80)105-68/h47-49,57-64,66-67,78-80,88-96H,4-46H2,1-3H3,(H,71,81)(H,72,82)(H,73,83)(H,74,84)(H,75,85)(H,76,86)(H,77,87)/t47?,48?,49?,57-,58-,59-,60?,61?,62?,63?,64?,66+,67+,70?/m1/s1. The Morgan fingerprint density at radius 3 is 1.08 bits per heavy atom. The summed E-state index contributed by atoms with van der Waals surface area (Å²) in [4.78, 5) is 90.4. The summed E-state index contributed by atoms with van der Waals surface area (Å²) >= 11 is 0. The number of hydrogen-bond acceptors (Lipinski definition) is 28. The summed E-state index contributed by atoms with van der Waals surface area (Å²) in [6.45, 7) is 5.73. The van der Waals surface area contributed by atoms with Gasteiger partial charge in [0.25, 0.3) is 0 Å². The SMILES string of the molecule is CC(C)(C)CCCCCCCCCCC(=O)NC(COCCC(=O)NCCCNC(=O)CCCCOC1=C(O)C(O)[C@H](O)C(CO)O1)(COCCC(=O)NCCCNC(=O)CCCCO[C@H]1OC(CO)[C@@H](O)C(O)C1O)COCCC(=O)NCCCNC(=O)CCCCO[C@H]1OC(CO)[C@@H](O)C(O)C1O. The Balaban J connectivity index is 1.52. The number of unbranched alkanes of at least 4 members (excludes halogenated alkanes) is 10. The van der Waals surface area contributed by atoms with E-state index in [4.69, 9.17) is 42.6 Å². The topological polar surface area (TPSA) is 530 Å². The van der Waals surface area contributed by atoms with Gasteiger partial charge < -0.3 is 141 Å². The molecule has 0 aliphatic carbocycles. The van der Waals surface area contributed by atoms with Crippen LogP contribution < -0.4 is 37.2 Å². The molecule has 8 unspecified atom stereocenters. The van der Waals surface area contributed by atoms with Crippen LogP contribution in [-0.2, 0) is 76.2 Å². The molecular formula is C70H127N7O28. The number of carbonyl (C=O) groups excluding carboxylic acids is 7. The van der Waals surface area contributed by atoms with Crippen molar-refractivity contribution in [3.63, 3.8) is 0 Å². The first-order chi connectivity index (χ1) is 50.2. The van der Waals surface area contributed by atoms with E-state index < -0.39 is 117 Å². The number of hydrogen-bond donors (Lipinski definition) is 19. The van der Waals surface area contributed by atoms with Gasteiger partial charge in [0.05, 0.1) is 66.1 Å². The predicted molar refractivity (Wildman–Crippen MR) is 375 cm³/mol. The molecule has 3 aliphatic heterocycles. The maximum Gasteiger partial charge on any atom is 0.322 e. The molecule has 0 saturated carbocycles. The molecule has 13 atom stereocenters. The van der Waals surface area contributed by atoms with Crippen molar-refractivity contribution in [3.8, 4) is 0 Å². The lowest BCUT2D eigenvalue weighted by molar-refractivity contribution is -0.301. The zero-order chi connectivity index (χ0) is 77.4. The Hall–Kier alpha value is -5.29. The van der Waals surface area contributed by atoms with E-state index >= 15 is 0 Å². The van der Waals surface area contributed by atoms with Gasteiger partial charge in [-0.2, -0.15) is 0 Å². The highest BCUT2D eigenvalue weighted by Crippen LogP contribution is 2.27. The van der Waals surface area contributed by atoms with E-state index in [2.05, 4.69) is 58.0 Å². The van der Waals surface area contributed by atoms with Gasteiger partial charge >= 0.3 is 5.95 Å². The van der Waals surface area contributed by atoms with Crippen molar-refractivity contribution in [2.75, 3.05) is 119 Å².